The summed E-state index contributed by atoms with van der Waals surface area (Å²) >= 11 is 0. The summed E-state index contributed by atoms with van der Waals surface area (Å²) in [4.78, 5) is 21.2. The van der Waals surface area contributed by atoms with Crippen LogP contribution < -0.4 is 10.2 Å². The standard InChI is InChI=1S/C13H20N4O2/c1-3-4-17(2)12-7-11(14-8-15-12)16-10-5-9(6-10)13(18)19/h7-10H,3-6H2,1-2H3,(H,18,19)(H,14,15,16). The highest BCUT2D eigenvalue weighted by molar-refractivity contribution is 5.71. The summed E-state index contributed by atoms with van der Waals surface area (Å²) in [6, 6.07) is 2.12. The Balaban J connectivity index is 1.91. The molecular formula is C13H20N4O2. The van der Waals surface area contributed by atoms with E-state index in [2.05, 4.69) is 27.1 Å². The summed E-state index contributed by atoms with van der Waals surface area (Å²) < 4.78 is 0. The Morgan fingerprint density at radius 2 is 2.26 bits per heavy atom. The van der Waals surface area contributed by atoms with Crippen molar-refractivity contribution in [2.45, 2.75) is 32.2 Å². The monoisotopic (exact) mass is 264 g/mol. The first kappa shape index (κ1) is 13.6. The van der Waals surface area contributed by atoms with Crippen LogP contribution in [0.15, 0.2) is 12.4 Å². The van der Waals surface area contributed by atoms with Crippen molar-refractivity contribution in [1.82, 2.24) is 9.97 Å². The van der Waals surface area contributed by atoms with Gasteiger partial charge in [-0.3, -0.25) is 4.79 Å². The molecule has 0 amide bonds. The van der Waals surface area contributed by atoms with Gasteiger partial charge < -0.3 is 15.3 Å². The first-order chi connectivity index (χ1) is 9.10. The highest BCUT2D eigenvalue weighted by atomic mass is 16.4. The smallest absolute Gasteiger partial charge is 0.306 e. The third kappa shape index (κ3) is 3.33. The summed E-state index contributed by atoms with van der Waals surface area (Å²) in [5, 5.41) is 12.1. The molecule has 0 spiro atoms. The van der Waals surface area contributed by atoms with Gasteiger partial charge in [0.1, 0.15) is 18.0 Å². The van der Waals surface area contributed by atoms with Crippen LogP contribution in [0.4, 0.5) is 11.6 Å². The van der Waals surface area contributed by atoms with E-state index in [0.717, 1.165) is 24.6 Å². The van der Waals surface area contributed by atoms with Crippen LogP contribution in [-0.4, -0.2) is 40.7 Å². The predicted molar refractivity (Wildman–Crippen MR) is 73.4 cm³/mol. The maximum atomic E-state index is 10.7. The molecule has 0 unspecified atom stereocenters. The molecule has 104 valence electrons. The molecule has 2 rings (SSSR count). The van der Waals surface area contributed by atoms with Crippen molar-refractivity contribution < 1.29 is 9.90 Å². The fourth-order valence-electron chi connectivity index (χ4n) is 2.23. The van der Waals surface area contributed by atoms with Gasteiger partial charge in [0.05, 0.1) is 5.92 Å². The number of rotatable bonds is 6. The fourth-order valence-corrected chi connectivity index (χ4v) is 2.23. The molecule has 1 heterocycles. The molecule has 1 aromatic rings. The lowest BCUT2D eigenvalue weighted by molar-refractivity contribution is -0.144. The van der Waals surface area contributed by atoms with Crippen LogP contribution in [0, 0.1) is 5.92 Å². The number of nitrogens with one attached hydrogen (secondary N) is 1. The Morgan fingerprint density at radius 3 is 2.89 bits per heavy atom. The lowest BCUT2D eigenvalue weighted by Gasteiger charge is -2.33. The Hall–Kier alpha value is -1.85. The SMILES string of the molecule is CCCN(C)c1cc(NC2CC(C(=O)O)C2)ncn1. The van der Waals surface area contributed by atoms with Gasteiger partial charge in [-0.1, -0.05) is 6.92 Å². The average Bonchev–Trinajstić information content (AvgIpc) is 2.33. The van der Waals surface area contributed by atoms with Gasteiger partial charge in [0.2, 0.25) is 0 Å². The van der Waals surface area contributed by atoms with Gasteiger partial charge >= 0.3 is 5.97 Å². The van der Waals surface area contributed by atoms with E-state index >= 15 is 0 Å². The molecule has 19 heavy (non-hydrogen) atoms. The number of aliphatic carboxylic acids is 1. The molecule has 1 aromatic heterocycles. The molecule has 1 fully saturated rings. The first-order valence-electron chi connectivity index (χ1n) is 6.62. The minimum atomic E-state index is -0.705. The maximum absolute atomic E-state index is 10.7. The molecule has 0 aliphatic heterocycles. The van der Waals surface area contributed by atoms with Gasteiger partial charge in [-0.15, -0.1) is 0 Å². The number of carbonyl (C=O) groups is 1. The highest BCUT2D eigenvalue weighted by Crippen LogP contribution is 2.30. The minimum absolute atomic E-state index is 0.207. The van der Waals surface area contributed by atoms with Crippen molar-refractivity contribution >= 4 is 17.6 Å². The molecule has 1 aliphatic rings. The van der Waals surface area contributed by atoms with Crippen molar-refractivity contribution in [1.29, 1.82) is 0 Å². The molecule has 0 aromatic carbocycles. The number of hydrogen-bond acceptors (Lipinski definition) is 5. The summed E-state index contributed by atoms with van der Waals surface area (Å²) in [5.41, 5.74) is 0. The number of carboxylic acid groups (broad SMARTS) is 1. The molecule has 0 bridgehead atoms. The molecule has 1 aliphatic carbocycles. The molecular weight excluding hydrogens is 244 g/mol. The van der Waals surface area contributed by atoms with Crippen molar-refractivity contribution in [3.8, 4) is 0 Å². The van der Waals surface area contributed by atoms with Crippen LogP contribution in [0.5, 0.6) is 0 Å². The largest absolute Gasteiger partial charge is 0.481 e. The second-order valence-corrected chi connectivity index (χ2v) is 5.03. The van der Waals surface area contributed by atoms with Crippen molar-refractivity contribution in [3.05, 3.63) is 12.4 Å². The number of nitrogens with zero attached hydrogens (tertiary/aromatic N) is 3. The zero-order chi connectivity index (χ0) is 13.8. The van der Waals surface area contributed by atoms with Crippen LogP contribution in [0.1, 0.15) is 26.2 Å². The van der Waals surface area contributed by atoms with E-state index in [1.54, 1.807) is 0 Å². The Kier molecular flexibility index (Phi) is 4.19. The van der Waals surface area contributed by atoms with Crippen LogP contribution in [-0.2, 0) is 4.79 Å². The number of aromatic nitrogens is 2. The molecule has 0 radical (unpaired) electrons. The second kappa shape index (κ2) is 5.86. The van der Waals surface area contributed by atoms with E-state index in [1.807, 2.05) is 13.1 Å². The molecule has 6 heteroatoms. The topological polar surface area (TPSA) is 78.4 Å². The van der Waals surface area contributed by atoms with Gasteiger partial charge in [-0.05, 0) is 19.3 Å². The highest BCUT2D eigenvalue weighted by Gasteiger charge is 2.34. The number of hydrogen-bond donors (Lipinski definition) is 2. The predicted octanol–water partition coefficient (Wildman–Crippen LogP) is 1.60. The van der Waals surface area contributed by atoms with Crippen LogP contribution in [0.3, 0.4) is 0 Å². The summed E-state index contributed by atoms with van der Waals surface area (Å²) in [6.07, 6.45) is 3.93. The molecule has 0 saturated heterocycles. The Labute approximate surface area is 112 Å². The van der Waals surface area contributed by atoms with Gasteiger partial charge in [-0.25, -0.2) is 9.97 Å². The van der Waals surface area contributed by atoms with Crippen molar-refractivity contribution in [2.75, 3.05) is 23.8 Å². The Bertz CT molecular complexity index is 446. The summed E-state index contributed by atoms with van der Waals surface area (Å²) in [6.45, 7) is 3.07. The zero-order valence-corrected chi connectivity index (χ0v) is 11.3. The van der Waals surface area contributed by atoms with Crippen molar-refractivity contribution in [3.63, 3.8) is 0 Å². The molecule has 2 N–H and O–H groups in total. The Morgan fingerprint density at radius 1 is 1.53 bits per heavy atom. The summed E-state index contributed by atoms with van der Waals surface area (Å²) in [5.74, 6) is 0.737. The lowest BCUT2D eigenvalue weighted by Crippen LogP contribution is -2.39. The van der Waals surface area contributed by atoms with E-state index in [9.17, 15) is 4.79 Å². The average molecular weight is 264 g/mol. The third-order valence-corrected chi connectivity index (χ3v) is 3.44. The zero-order valence-electron chi connectivity index (χ0n) is 11.3. The van der Waals surface area contributed by atoms with Gasteiger partial charge in [0.15, 0.2) is 0 Å². The lowest BCUT2D eigenvalue weighted by atomic mass is 9.80. The third-order valence-electron chi connectivity index (χ3n) is 3.44. The van der Waals surface area contributed by atoms with Gasteiger partial charge in [0, 0.05) is 25.7 Å². The molecule has 6 nitrogen and oxygen atoms in total. The van der Waals surface area contributed by atoms with Crippen LogP contribution in [0.2, 0.25) is 0 Å². The van der Waals surface area contributed by atoms with Gasteiger partial charge in [0.25, 0.3) is 0 Å². The van der Waals surface area contributed by atoms with Crippen molar-refractivity contribution in [2.24, 2.45) is 5.92 Å². The van der Waals surface area contributed by atoms with E-state index in [1.165, 1.54) is 6.33 Å². The first-order valence-corrected chi connectivity index (χ1v) is 6.62. The van der Waals surface area contributed by atoms with E-state index in [4.69, 9.17) is 5.11 Å². The van der Waals surface area contributed by atoms with E-state index < -0.39 is 5.97 Å². The fraction of sp³-hybridized carbons (Fsp3) is 0.615. The quantitative estimate of drug-likeness (QED) is 0.812. The number of anilines is 2. The molecule has 0 atom stereocenters. The number of carboxylic acids is 1. The molecule has 1 saturated carbocycles. The normalized spacial score (nSPS) is 21.6. The van der Waals surface area contributed by atoms with E-state index in [-0.39, 0.29) is 12.0 Å². The van der Waals surface area contributed by atoms with Crippen LogP contribution >= 0.6 is 0 Å². The summed E-state index contributed by atoms with van der Waals surface area (Å²) in [7, 11) is 2.00. The minimum Gasteiger partial charge on any atom is -0.481 e. The maximum Gasteiger partial charge on any atom is 0.306 e. The second-order valence-electron chi connectivity index (χ2n) is 5.03. The van der Waals surface area contributed by atoms with Gasteiger partial charge in [-0.2, -0.15) is 0 Å². The van der Waals surface area contributed by atoms with E-state index in [0.29, 0.717) is 12.8 Å². The van der Waals surface area contributed by atoms with Crippen LogP contribution in [0.25, 0.3) is 0 Å².